The van der Waals surface area contributed by atoms with Crippen LogP contribution >= 0.6 is 11.6 Å². The molecule has 76 valence electrons. The second-order valence-corrected chi connectivity index (χ2v) is 3.83. The molecule has 0 spiro atoms. The van der Waals surface area contributed by atoms with E-state index in [9.17, 15) is 5.21 Å². The molecule has 2 aromatic rings. The van der Waals surface area contributed by atoms with E-state index < -0.39 is 0 Å². The zero-order valence-corrected chi connectivity index (χ0v) is 9.03. The van der Waals surface area contributed by atoms with E-state index in [2.05, 4.69) is 0 Å². The summed E-state index contributed by atoms with van der Waals surface area (Å²) in [4.78, 5) is 0. The van der Waals surface area contributed by atoms with Crippen LogP contribution in [0.15, 0.2) is 42.6 Å². The number of benzene rings is 1. The predicted octanol–water partition coefficient (Wildman–Crippen LogP) is 2.95. The average molecular weight is 220 g/mol. The van der Waals surface area contributed by atoms with Crippen LogP contribution in [0.2, 0.25) is 5.02 Å². The number of halogens is 1. The molecule has 1 heterocycles. The van der Waals surface area contributed by atoms with Crippen LogP contribution in [0.5, 0.6) is 0 Å². The lowest BCUT2D eigenvalue weighted by molar-refractivity contribution is -0.612. The molecule has 0 aliphatic rings. The van der Waals surface area contributed by atoms with E-state index >= 15 is 0 Å². The van der Waals surface area contributed by atoms with Gasteiger partial charge in [0.15, 0.2) is 11.9 Å². The Balaban J connectivity index is 2.45. The quantitative estimate of drug-likeness (QED) is 0.535. The summed E-state index contributed by atoms with van der Waals surface area (Å²) < 4.78 is 0.847. The van der Waals surface area contributed by atoms with Crippen molar-refractivity contribution in [1.29, 1.82) is 0 Å². The van der Waals surface area contributed by atoms with Gasteiger partial charge in [-0.25, -0.2) is 0 Å². The third-order valence-corrected chi connectivity index (χ3v) is 2.53. The lowest BCUT2D eigenvalue weighted by Gasteiger charge is -2.04. The highest BCUT2D eigenvalue weighted by Gasteiger charge is 2.03. The van der Waals surface area contributed by atoms with E-state index in [1.54, 1.807) is 13.0 Å². The summed E-state index contributed by atoms with van der Waals surface area (Å²) in [6.45, 7) is 1.78. The number of pyridine rings is 1. The third-order valence-electron chi connectivity index (χ3n) is 2.28. The van der Waals surface area contributed by atoms with Gasteiger partial charge < -0.3 is 5.21 Å². The van der Waals surface area contributed by atoms with Crippen molar-refractivity contribution in [2.24, 2.45) is 0 Å². The summed E-state index contributed by atoms with van der Waals surface area (Å²) >= 11 is 5.80. The van der Waals surface area contributed by atoms with E-state index in [1.165, 1.54) is 6.20 Å². The molecule has 1 aromatic heterocycles. The van der Waals surface area contributed by atoms with Crippen molar-refractivity contribution < 1.29 is 4.73 Å². The van der Waals surface area contributed by atoms with Crippen molar-refractivity contribution in [2.45, 2.75) is 6.92 Å². The fourth-order valence-corrected chi connectivity index (χ4v) is 1.55. The third kappa shape index (κ3) is 2.10. The number of rotatable bonds is 1. The molecule has 0 radical (unpaired) electrons. The molecule has 1 aromatic carbocycles. The zero-order chi connectivity index (χ0) is 10.8. The minimum Gasteiger partial charge on any atom is -0.619 e. The predicted molar refractivity (Wildman–Crippen MR) is 60.6 cm³/mol. The number of aryl methyl sites for hydroxylation is 1. The van der Waals surface area contributed by atoms with Crippen molar-refractivity contribution in [2.75, 3.05) is 0 Å². The Labute approximate surface area is 93.3 Å². The highest BCUT2D eigenvalue weighted by atomic mass is 35.5. The molecule has 15 heavy (non-hydrogen) atoms. The van der Waals surface area contributed by atoms with Crippen LogP contribution < -0.4 is 4.73 Å². The van der Waals surface area contributed by atoms with E-state index in [-0.39, 0.29) is 0 Å². The molecular weight excluding hydrogens is 210 g/mol. The molecule has 0 N–H and O–H groups in total. The molecule has 0 unspecified atom stereocenters. The van der Waals surface area contributed by atoms with Crippen LogP contribution in [0.25, 0.3) is 11.1 Å². The Hall–Kier alpha value is -1.54. The molecular formula is C12H10ClNO. The standard InChI is InChI=1S/C12H10ClNO/c1-9-8-11(6-7-14(9)15)10-2-4-12(13)5-3-10/h2-8H,1H3. The molecule has 0 fully saturated rings. The molecule has 0 aliphatic carbocycles. The number of aromatic nitrogens is 1. The first-order chi connectivity index (χ1) is 7.16. The molecule has 3 heteroatoms. The van der Waals surface area contributed by atoms with Gasteiger partial charge in [-0.3, -0.25) is 0 Å². The van der Waals surface area contributed by atoms with Gasteiger partial charge in [0.25, 0.3) is 0 Å². The first-order valence-electron chi connectivity index (χ1n) is 4.62. The summed E-state index contributed by atoms with van der Waals surface area (Å²) in [5.74, 6) is 0. The van der Waals surface area contributed by atoms with Crippen LogP contribution in [-0.4, -0.2) is 0 Å². The van der Waals surface area contributed by atoms with Gasteiger partial charge >= 0.3 is 0 Å². The van der Waals surface area contributed by atoms with Crippen molar-refractivity contribution in [1.82, 2.24) is 0 Å². The Bertz CT molecular complexity index is 479. The maximum absolute atomic E-state index is 11.2. The molecule has 2 nitrogen and oxygen atoms in total. The summed E-state index contributed by atoms with van der Waals surface area (Å²) in [7, 11) is 0. The van der Waals surface area contributed by atoms with Crippen LogP contribution in [0.1, 0.15) is 5.69 Å². The SMILES string of the molecule is Cc1cc(-c2ccc(Cl)cc2)cc[n+]1[O-]. The highest BCUT2D eigenvalue weighted by Crippen LogP contribution is 2.20. The maximum Gasteiger partial charge on any atom is 0.190 e. The van der Waals surface area contributed by atoms with Gasteiger partial charge in [-0.05, 0) is 23.3 Å². The number of nitrogens with zero attached hydrogens (tertiary/aromatic N) is 1. The lowest BCUT2D eigenvalue weighted by Crippen LogP contribution is -2.28. The molecule has 0 saturated heterocycles. The summed E-state index contributed by atoms with van der Waals surface area (Å²) in [5.41, 5.74) is 2.77. The minimum absolute atomic E-state index is 0.683. The largest absolute Gasteiger partial charge is 0.619 e. The Morgan fingerprint density at radius 3 is 2.33 bits per heavy atom. The lowest BCUT2D eigenvalue weighted by atomic mass is 10.1. The Kier molecular flexibility index (Phi) is 2.60. The maximum atomic E-state index is 11.2. The van der Waals surface area contributed by atoms with Gasteiger partial charge in [0.2, 0.25) is 0 Å². The van der Waals surface area contributed by atoms with Crippen LogP contribution in [0.3, 0.4) is 0 Å². The Morgan fingerprint density at radius 2 is 1.73 bits per heavy atom. The summed E-state index contributed by atoms with van der Waals surface area (Å²) in [6, 6.07) is 11.2. The minimum atomic E-state index is 0.683. The summed E-state index contributed by atoms with van der Waals surface area (Å²) in [6.07, 6.45) is 1.51. The van der Waals surface area contributed by atoms with Gasteiger partial charge in [-0.1, -0.05) is 23.7 Å². The highest BCUT2D eigenvalue weighted by molar-refractivity contribution is 6.30. The van der Waals surface area contributed by atoms with Crippen LogP contribution in [-0.2, 0) is 0 Å². The second-order valence-electron chi connectivity index (χ2n) is 3.39. The monoisotopic (exact) mass is 219 g/mol. The van der Waals surface area contributed by atoms with Gasteiger partial charge in [0.1, 0.15) is 0 Å². The van der Waals surface area contributed by atoms with Gasteiger partial charge in [0.05, 0.1) is 0 Å². The normalized spacial score (nSPS) is 10.3. The number of hydrogen-bond acceptors (Lipinski definition) is 1. The molecule has 0 amide bonds. The fraction of sp³-hybridized carbons (Fsp3) is 0.0833. The van der Waals surface area contributed by atoms with E-state index in [0.717, 1.165) is 15.9 Å². The van der Waals surface area contributed by atoms with Crippen molar-refractivity contribution in [3.63, 3.8) is 0 Å². The van der Waals surface area contributed by atoms with E-state index in [4.69, 9.17) is 11.6 Å². The molecule has 0 bridgehead atoms. The Morgan fingerprint density at radius 1 is 1.07 bits per heavy atom. The second kappa shape index (κ2) is 3.91. The van der Waals surface area contributed by atoms with Crippen molar-refractivity contribution in [3.05, 3.63) is 58.5 Å². The summed E-state index contributed by atoms with van der Waals surface area (Å²) in [5, 5.41) is 11.9. The van der Waals surface area contributed by atoms with Crippen LogP contribution in [0, 0.1) is 12.1 Å². The van der Waals surface area contributed by atoms with Gasteiger partial charge in [-0.15, -0.1) is 0 Å². The van der Waals surface area contributed by atoms with Gasteiger partial charge in [0, 0.05) is 24.1 Å². The first kappa shape index (κ1) is 9.99. The fourth-order valence-electron chi connectivity index (χ4n) is 1.42. The number of hydrogen-bond donors (Lipinski definition) is 0. The van der Waals surface area contributed by atoms with E-state index in [1.807, 2.05) is 30.3 Å². The van der Waals surface area contributed by atoms with Crippen LogP contribution in [0.4, 0.5) is 0 Å². The van der Waals surface area contributed by atoms with Gasteiger partial charge in [-0.2, -0.15) is 4.73 Å². The average Bonchev–Trinajstić information content (AvgIpc) is 2.23. The molecule has 0 atom stereocenters. The van der Waals surface area contributed by atoms with E-state index in [0.29, 0.717) is 10.7 Å². The molecule has 0 aliphatic heterocycles. The first-order valence-corrected chi connectivity index (χ1v) is 5.00. The molecule has 0 saturated carbocycles. The smallest absolute Gasteiger partial charge is 0.190 e. The molecule has 2 rings (SSSR count). The van der Waals surface area contributed by atoms with Crippen molar-refractivity contribution in [3.8, 4) is 11.1 Å². The zero-order valence-electron chi connectivity index (χ0n) is 8.27. The van der Waals surface area contributed by atoms with Crippen molar-refractivity contribution >= 4 is 11.6 Å². The topological polar surface area (TPSA) is 26.9 Å².